The molecule has 5 nitrogen and oxygen atoms in total. The number of carboxylic acids is 1. The molecule has 122 valence electrons. The summed E-state index contributed by atoms with van der Waals surface area (Å²) in [4.78, 5) is 11.5. The standard InChI is InChI=1S/C18H20O5/c1-11-8-17(23-4)12(10-16(11)22-3)9-14-13(18(19)20)6-5-7-15(14)21-2/h5-8,10H,9H2,1-4H3,(H,19,20). The summed E-state index contributed by atoms with van der Waals surface area (Å²) in [6.07, 6.45) is 0.367. The lowest BCUT2D eigenvalue weighted by molar-refractivity contribution is 0.0695. The average Bonchev–Trinajstić information content (AvgIpc) is 2.55. The van der Waals surface area contributed by atoms with E-state index in [-0.39, 0.29) is 5.56 Å². The van der Waals surface area contributed by atoms with Crippen molar-refractivity contribution in [2.24, 2.45) is 0 Å². The SMILES string of the molecule is COc1cc(Cc2c(OC)cccc2C(=O)O)c(OC)cc1C. The van der Waals surface area contributed by atoms with Gasteiger partial charge in [0.1, 0.15) is 17.2 Å². The van der Waals surface area contributed by atoms with E-state index in [0.29, 0.717) is 23.5 Å². The molecular weight excluding hydrogens is 296 g/mol. The zero-order chi connectivity index (χ0) is 17.0. The number of rotatable bonds is 6. The second-order valence-electron chi connectivity index (χ2n) is 5.10. The van der Waals surface area contributed by atoms with Gasteiger partial charge < -0.3 is 19.3 Å². The van der Waals surface area contributed by atoms with Gasteiger partial charge in [-0.3, -0.25) is 0 Å². The van der Waals surface area contributed by atoms with E-state index in [1.807, 2.05) is 19.1 Å². The normalized spacial score (nSPS) is 10.3. The molecule has 5 heteroatoms. The van der Waals surface area contributed by atoms with Crippen molar-refractivity contribution in [3.8, 4) is 17.2 Å². The van der Waals surface area contributed by atoms with Crippen LogP contribution in [0.1, 0.15) is 27.0 Å². The Morgan fingerprint density at radius 2 is 1.65 bits per heavy atom. The fourth-order valence-electron chi connectivity index (χ4n) is 2.58. The van der Waals surface area contributed by atoms with Crippen LogP contribution in [0.5, 0.6) is 17.2 Å². The van der Waals surface area contributed by atoms with Gasteiger partial charge in [-0.25, -0.2) is 4.79 Å². The summed E-state index contributed by atoms with van der Waals surface area (Å²) in [5.41, 5.74) is 2.60. The maximum atomic E-state index is 11.5. The molecule has 2 rings (SSSR count). The largest absolute Gasteiger partial charge is 0.496 e. The van der Waals surface area contributed by atoms with E-state index < -0.39 is 5.97 Å². The monoisotopic (exact) mass is 316 g/mol. The van der Waals surface area contributed by atoms with Crippen LogP contribution < -0.4 is 14.2 Å². The average molecular weight is 316 g/mol. The van der Waals surface area contributed by atoms with Crippen LogP contribution in [-0.4, -0.2) is 32.4 Å². The lowest BCUT2D eigenvalue weighted by atomic mass is 9.97. The molecule has 0 heterocycles. The molecule has 0 amide bonds. The molecule has 0 spiro atoms. The molecule has 0 saturated carbocycles. The molecule has 0 atom stereocenters. The van der Waals surface area contributed by atoms with Crippen LogP contribution in [-0.2, 0) is 6.42 Å². The minimum absolute atomic E-state index is 0.214. The van der Waals surface area contributed by atoms with Gasteiger partial charge in [0, 0.05) is 17.5 Å². The second kappa shape index (κ2) is 7.05. The summed E-state index contributed by atoms with van der Waals surface area (Å²) >= 11 is 0. The van der Waals surface area contributed by atoms with Gasteiger partial charge in [0.2, 0.25) is 0 Å². The molecule has 0 fully saturated rings. The fraction of sp³-hybridized carbons (Fsp3) is 0.278. The fourth-order valence-corrected chi connectivity index (χ4v) is 2.58. The highest BCUT2D eigenvalue weighted by Crippen LogP contribution is 2.33. The summed E-state index contributed by atoms with van der Waals surface area (Å²) in [7, 11) is 4.72. The molecule has 2 aromatic carbocycles. The molecule has 0 aliphatic heterocycles. The Morgan fingerprint density at radius 3 is 2.22 bits per heavy atom. The highest BCUT2D eigenvalue weighted by atomic mass is 16.5. The van der Waals surface area contributed by atoms with Gasteiger partial charge in [0.15, 0.2) is 0 Å². The van der Waals surface area contributed by atoms with Gasteiger partial charge in [0.25, 0.3) is 0 Å². The van der Waals surface area contributed by atoms with Gasteiger partial charge in [-0.05, 0) is 36.8 Å². The number of carboxylic acid groups (broad SMARTS) is 1. The van der Waals surface area contributed by atoms with Crippen molar-refractivity contribution in [3.63, 3.8) is 0 Å². The summed E-state index contributed by atoms with van der Waals surface area (Å²) in [6.45, 7) is 1.93. The molecule has 2 aromatic rings. The quantitative estimate of drug-likeness (QED) is 0.885. The van der Waals surface area contributed by atoms with Crippen LogP contribution in [0.2, 0.25) is 0 Å². The lowest BCUT2D eigenvalue weighted by Gasteiger charge is -2.16. The predicted octanol–water partition coefficient (Wildman–Crippen LogP) is 3.31. The van der Waals surface area contributed by atoms with Gasteiger partial charge in [-0.1, -0.05) is 6.07 Å². The van der Waals surface area contributed by atoms with Crippen LogP contribution in [0.15, 0.2) is 30.3 Å². The van der Waals surface area contributed by atoms with Crippen molar-refractivity contribution in [3.05, 3.63) is 52.6 Å². The highest BCUT2D eigenvalue weighted by molar-refractivity contribution is 5.90. The summed E-state index contributed by atoms with van der Waals surface area (Å²) in [6, 6.07) is 8.73. The van der Waals surface area contributed by atoms with Crippen molar-refractivity contribution in [1.82, 2.24) is 0 Å². The molecular formula is C18H20O5. The highest BCUT2D eigenvalue weighted by Gasteiger charge is 2.18. The zero-order valence-corrected chi connectivity index (χ0v) is 13.7. The van der Waals surface area contributed by atoms with Crippen molar-refractivity contribution < 1.29 is 24.1 Å². The van der Waals surface area contributed by atoms with Gasteiger partial charge in [-0.15, -0.1) is 0 Å². The Balaban J connectivity index is 2.57. The Kier molecular flexibility index (Phi) is 5.11. The Bertz CT molecular complexity index is 722. The van der Waals surface area contributed by atoms with E-state index in [1.54, 1.807) is 32.4 Å². The minimum atomic E-state index is -0.989. The van der Waals surface area contributed by atoms with E-state index in [4.69, 9.17) is 14.2 Å². The molecule has 0 radical (unpaired) electrons. The number of methoxy groups -OCH3 is 3. The molecule has 0 bridgehead atoms. The van der Waals surface area contributed by atoms with Gasteiger partial charge >= 0.3 is 5.97 Å². The summed E-state index contributed by atoms with van der Waals surface area (Å²) in [5, 5.41) is 9.42. The molecule has 0 unspecified atom stereocenters. The van der Waals surface area contributed by atoms with Crippen LogP contribution in [0.4, 0.5) is 0 Å². The molecule has 23 heavy (non-hydrogen) atoms. The predicted molar refractivity (Wildman–Crippen MR) is 87.0 cm³/mol. The van der Waals surface area contributed by atoms with Crippen molar-refractivity contribution in [1.29, 1.82) is 0 Å². The number of hydrogen-bond donors (Lipinski definition) is 1. The minimum Gasteiger partial charge on any atom is -0.496 e. The third-order valence-electron chi connectivity index (χ3n) is 3.75. The maximum absolute atomic E-state index is 11.5. The first-order valence-electron chi connectivity index (χ1n) is 7.12. The Morgan fingerprint density at radius 1 is 1.00 bits per heavy atom. The number of aromatic carboxylic acids is 1. The Hall–Kier alpha value is -2.69. The first kappa shape index (κ1) is 16.7. The summed E-state index contributed by atoms with van der Waals surface area (Å²) < 4.78 is 16.1. The molecule has 0 saturated heterocycles. The molecule has 1 N–H and O–H groups in total. The summed E-state index contributed by atoms with van der Waals surface area (Å²) in [5.74, 6) is 0.960. The van der Waals surface area contributed by atoms with Crippen LogP contribution >= 0.6 is 0 Å². The topological polar surface area (TPSA) is 65.0 Å². The number of ether oxygens (including phenoxy) is 3. The van der Waals surface area contributed by atoms with Gasteiger partial charge in [0.05, 0.1) is 26.9 Å². The van der Waals surface area contributed by atoms with Crippen molar-refractivity contribution in [2.45, 2.75) is 13.3 Å². The third-order valence-corrected chi connectivity index (χ3v) is 3.75. The molecule has 0 aromatic heterocycles. The van der Waals surface area contributed by atoms with E-state index in [1.165, 1.54) is 7.11 Å². The Labute approximate surface area is 135 Å². The van der Waals surface area contributed by atoms with Crippen LogP contribution in [0.25, 0.3) is 0 Å². The van der Waals surface area contributed by atoms with E-state index in [9.17, 15) is 9.90 Å². The smallest absolute Gasteiger partial charge is 0.336 e. The zero-order valence-electron chi connectivity index (χ0n) is 13.7. The van der Waals surface area contributed by atoms with Crippen LogP contribution in [0.3, 0.4) is 0 Å². The van der Waals surface area contributed by atoms with E-state index in [2.05, 4.69) is 0 Å². The lowest BCUT2D eigenvalue weighted by Crippen LogP contribution is -2.06. The van der Waals surface area contributed by atoms with Crippen LogP contribution in [0, 0.1) is 6.92 Å². The van der Waals surface area contributed by atoms with Gasteiger partial charge in [-0.2, -0.15) is 0 Å². The first-order valence-corrected chi connectivity index (χ1v) is 7.12. The third kappa shape index (κ3) is 3.39. The van der Waals surface area contributed by atoms with E-state index >= 15 is 0 Å². The van der Waals surface area contributed by atoms with E-state index in [0.717, 1.165) is 16.9 Å². The first-order chi connectivity index (χ1) is 11.0. The maximum Gasteiger partial charge on any atom is 0.336 e. The molecule has 0 aliphatic rings. The number of aryl methyl sites for hydroxylation is 1. The molecule has 0 aliphatic carbocycles. The number of carbonyl (C=O) groups is 1. The number of benzene rings is 2. The van der Waals surface area contributed by atoms with Crippen molar-refractivity contribution >= 4 is 5.97 Å². The second-order valence-corrected chi connectivity index (χ2v) is 5.10. The van der Waals surface area contributed by atoms with Crippen molar-refractivity contribution in [2.75, 3.05) is 21.3 Å². The number of hydrogen-bond acceptors (Lipinski definition) is 4.